The summed E-state index contributed by atoms with van der Waals surface area (Å²) in [5.41, 5.74) is 5.84. The summed E-state index contributed by atoms with van der Waals surface area (Å²) < 4.78 is 24.1. The van der Waals surface area contributed by atoms with Crippen molar-refractivity contribution in [3.8, 4) is 17.6 Å². The molecule has 1 heterocycles. The van der Waals surface area contributed by atoms with Gasteiger partial charge in [0.2, 0.25) is 0 Å². The van der Waals surface area contributed by atoms with E-state index in [4.69, 9.17) is 15.2 Å². The smallest absolute Gasteiger partial charge is 0.128 e. The zero-order valence-corrected chi connectivity index (χ0v) is 9.41. The van der Waals surface area contributed by atoms with Gasteiger partial charge in [0.15, 0.2) is 0 Å². The van der Waals surface area contributed by atoms with Gasteiger partial charge >= 0.3 is 0 Å². The molecule has 1 fully saturated rings. The lowest BCUT2D eigenvalue weighted by Crippen LogP contribution is -2.15. The number of rotatable bonds is 2. The molecule has 4 heteroatoms. The molecule has 17 heavy (non-hydrogen) atoms. The van der Waals surface area contributed by atoms with Crippen LogP contribution < -0.4 is 10.5 Å². The molecule has 1 aliphatic rings. The summed E-state index contributed by atoms with van der Waals surface area (Å²) in [5.74, 6) is 5.60. The van der Waals surface area contributed by atoms with Gasteiger partial charge in [-0.1, -0.05) is 11.8 Å². The summed E-state index contributed by atoms with van der Waals surface area (Å²) in [6.07, 6.45) is 0.840. The molecule has 0 saturated carbocycles. The number of hydrogen-bond acceptors (Lipinski definition) is 3. The molecule has 90 valence electrons. The fourth-order valence-electron chi connectivity index (χ4n) is 1.65. The van der Waals surface area contributed by atoms with Crippen LogP contribution in [-0.4, -0.2) is 25.9 Å². The highest BCUT2D eigenvalue weighted by Crippen LogP contribution is 2.20. The van der Waals surface area contributed by atoms with Crippen LogP contribution in [0, 0.1) is 17.7 Å². The second kappa shape index (κ2) is 5.67. The van der Waals surface area contributed by atoms with Crippen LogP contribution in [0.15, 0.2) is 18.2 Å². The van der Waals surface area contributed by atoms with Crippen molar-refractivity contribution in [3.05, 3.63) is 29.6 Å². The predicted octanol–water partition coefficient (Wildman–Crippen LogP) is 1.30. The van der Waals surface area contributed by atoms with E-state index in [-0.39, 0.29) is 18.5 Å². The second-order valence-electron chi connectivity index (χ2n) is 3.78. The first-order chi connectivity index (χ1) is 8.28. The first-order valence-corrected chi connectivity index (χ1v) is 5.52. The van der Waals surface area contributed by atoms with E-state index in [0.29, 0.717) is 24.5 Å². The maximum absolute atomic E-state index is 13.3. The molecule has 3 nitrogen and oxygen atoms in total. The number of ether oxygens (including phenoxy) is 2. The van der Waals surface area contributed by atoms with Crippen molar-refractivity contribution in [2.45, 2.75) is 12.5 Å². The highest BCUT2D eigenvalue weighted by molar-refractivity contribution is 5.40. The van der Waals surface area contributed by atoms with E-state index in [1.54, 1.807) is 6.07 Å². The fourth-order valence-corrected chi connectivity index (χ4v) is 1.65. The molecule has 0 bridgehead atoms. The van der Waals surface area contributed by atoms with Gasteiger partial charge in [-0.25, -0.2) is 4.39 Å². The van der Waals surface area contributed by atoms with Crippen molar-refractivity contribution in [1.29, 1.82) is 0 Å². The quantitative estimate of drug-likeness (QED) is 0.786. The predicted molar refractivity (Wildman–Crippen MR) is 62.2 cm³/mol. The van der Waals surface area contributed by atoms with E-state index in [9.17, 15) is 4.39 Å². The van der Waals surface area contributed by atoms with E-state index < -0.39 is 0 Å². The van der Waals surface area contributed by atoms with Gasteiger partial charge in [0.25, 0.3) is 0 Å². The molecular formula is C13H14FNO2. The van der Waals surface area contributed by atoms with E-state index in [1.165, 1.54) is 12.1 Å². The van der Waals surface area contributed by atoms with Crippen LogP contribution in [0.4, 0.5) is 4.39 Å². The molecule has 0 spiro atoms. The van der Waals surface area contributed by atoms with Crippen molar-refractivity contribution >= 4 is 0 Å². The molecule has 0 amide bonds. The van der Waals surface area contributed by atoms with E-state index in [2.05, 4.69) is 11.8 Å². The summed E-state index contributed by atoms with van der Waals surface area (Å²) in [6, 6.07) is 4.43. The van der Waals surface area contributed by atoms with Crippen LogP contribution >= 0.6 is 0 Å². The molecule has 2 rings (SSSR count). The molecule has 1 aromatic rings. The maximum atomic E-state index is 13.3. The average molecular weight is 235 g/mol. The van der Waals surface area contributed by atoms with Gasteiger partial charge in [-0.2, -0.15) is 0 Å². The molecule has 1 aliphatic heterocycles. The number of benzene rings is 1. The summed E-state index contributed by atoms with van der Waals surface area (Å²) in [4.78, 5) is 0. The largest absolute Gasteiger partial charge is 0.488 e. The fraction of sp³-hybridized carbons (Fsp3) is 0.385. The zero-order chi connectivity index (χ0) is 12.1. The second-order valence-corrected chi connectivity index (χ2v) is 3.78. The molecule has 1 unspecified atom stereocenters. The van der Waals surface area contributed by atoms with Crippen LogP contribution in [0.2, 0.25) is 0 Å². The van der Waals surface area contributed by atoms with E-state index >= 15 is 0 Å². The normalized spacial score (nSPS) is 18.6. The first kappa shape index (κ1) is 11.9. The molecule has 0 aromatic heterocycles. The number of nitrogens with two attached hydrogens (primary N) is 1. The third-order valence-corrected chi connectivity index (χ3v) is 2.40. The van der Waals surface area contributed by atoms with Gasteiger partial charge in [0.1, 0.15) is 17.7 Å². The third kappa shape index (κ3) is 3.45. The van der Waals surface area contributed by atoms with Crippen molar-refractivity contribution < 1.29 is 13.9 Å². The Bertz CT molecular complexity index is 444. The Morgan fingerprint density at radius 1 is 1.47 bits per heavy atom. The van der Waals surface area contributed by atoms with Crippen LogP contribution in [-0.2, 0) is 4.74 Å². The molecule has 0 aliphatic carbocycles. The van der Waals surface area contributed by atoms with E-state index in [0.717, 1.165) is 6.42 Å². The highest BCUT2D eigenvalue weighted by atomic mass is 19.1. The monoisotopic (exact) mass is 235 g/mol. The standard InChI is InChI=1S/C13H14FNO2/c14-11-6-10(2-1-4-15)7-13(8-11)17-12-3-5-16-9-12/h6-8,12H,3-5,9,15H2. The van der Waals surface area contributed by atoms with Gasteiger partial charge in [0, 0.05) is 18.1 Å². The van der Waals surface area contributed by atoms with Crippen molar-refractivity contribution in [2.24, 2.45) is 5.73 Å². The van der Waals surface area contributed by atoms with Gasteiger partial charge in [-0.05, 0) is 12.1 Å². The van der Waals surface area contributed by atoms with Gasteiger partial charge in [0.05, 0.1) is 19.8 Å². The van der Waals surface area contributed by atoms with Crippen molar-refractivity contribution in [1.82, 2.24) is 0 Å². The van der Waals surface area contributed by atoms with Crippen LogP contribution in [0.1, 0.15) is 12.0 Å². The molecule has 1 saturated heterocycles. The van der Waals surface area contributed by atoms with E-state index in [1.807, 2.05) is 0 Å². The van der Waals surface area contributed by atoms with Crippen LogP contribution in [0.5, 0.6) is 5.75 Å². The number of hydrogen-bond donors (Lipinski definition) is 1. The number of halogens is 1. The average Bonchev–Trinajstić information content (AvgIpc) is 2.78. The zero-order valence-electron chi connectivity index (χ0n) is 9.41. The Labute approximate surface area is 99.7 Å². The summed E-state index contributed by atoms with van der Waals surface area (Å²) in [7, 11) is 0. The molecule has 1 atom stereocenters. The maximum Gasteiger partial charge on any atom is 0.128 e. The topological polar surface area (TPSA) is 44.5 Å². The van der Waals surface area contributed by atoms with Crippen molar-refractivity contribution in [3.63, 3.8) is 0 Å². The van der Waals surface area contributed by atoms with Gasteiger partial charge < -0.3 is 15.2 Å². The first-order valence-electron chi connectivity index (χ1n) is 5.52. The lowest BCUT2D eigenvalue weighted by molar-refractivity contribution is 0.141. The van der Waals surface area contributed by atoms with Crippen molar-refractivity contribution in [2.75, 3.05) is 19.8 Å². The summed E-state index contributed by atoms with van der Waals surface area (Å²) >= 11 is 0. The van der Waals surface area contributed by atoms with Gasteiger partial charge in [-0.3, -0.25) is 0 Å². The Balaban J connectivity index is 2.12. The minimum atomic E-state index is -0.359. The highest BCUT2D eigenvalue weighted by Gasteiger charge is 2.17. The molecule has 0 radical (unpaired) electrons. The Morgan fingerprint density at radius 2 is 2.35 bits per heavy atom. The Morgan fingerprint density at radius 3 is 3.06 bits per heavy atom. The summed E-state index contributed by atoms with van der Waals surface area (Å²) in [5, 5.41) is 0. The lowest BCUT2D eigenvalue weighted by Gasteiger charge is -2.11. The molecular weight excluding hydrogens is 221 g/mol. The Kier molecular flexibility index (Phi) is 3.97. The van der Waals surface area contributed by atoms with Gasteiger partial charge in [-0.15, -0.1) is 0 Å². The minimum Gasteiger partial charge on any atom is -0.488 e. The third-order valence-electron chi connectivity index (χ3n) is 2.40. The lowest BCUT2D eigenvalue weighted by atomic mass is 10.2. The molecule has 2 N–H and O–H groups in total. The summed E-state index contributed by atoms with van der Waals surface area (Å²) in [6.45, 7) is 1.50. The minimum absolute atomic E-state index is 0.00659. The van der Waals surface area contributed by atoms with Crippen LogP contribution in [0.3, 0.4) is 0 Å². The molecule has 1 aromatic carbocycles. The van der Waals surface area contributed by atoms with Crippen LogP contribution in [0.25, 0.3) is 0 Å². The SMILES string of the molecule is NCC#Cc1cc(F)cc(OC2CCOC2)c1. The Hall–Kier alpha value is -1.57.